The summed E-state index contributed by atoms with van der Waals surface area (Å²) in [4.78, 5) is 16.6. The molecule has 4 nitrogen and oxygen atoms in total. The molecule has 1 aromatic carbocycles. The van der Waals surface area contributed by atoms with Gasteiger partial charge in [-0.15, -0.1) is 0 Å². The average Bonchev–Trinajstić information content (AvgIpc) is 2.88. The minimum Gasteiger partial charge on any atom is -0.461 e. The van der Waals surface area contributed by atoms with E-state index in [1.165, 1.54) is 5.56 Å². The lowest BCUT2D eigenvalue weighted by atomic mass is 10.1. The molecule has 21 heavy (non-hydrogen) atoms. The van der Waals surface area contributed by atoms with Crippen LogP contribution < -0.4 is 0 Å². The number of esters is 1. The summed E-state index contributed by atoms with van der Waals surface area (Å²) in [5, 5.41) is 0. The average molecular weight is 280 g/mol. The number of carbonyl (C=O) groups excluding carboxylic acids is 1. The Morgan fingerprint density at radius 1 is 1.19 bits per heavy atom. The largest absolute Gasteiger partial charge is 0.461 e. The van der Waals surface area contributed by atoms with Crippen molar-refractivity contribution in [3.05, 3.63) is 59.9 Å². The molecule has 0 aliphatic rings. The third kappa shape index (κ3) is 2.40. The number of hydrogen-bond donors (Lipinski definition) is 0. The van der Waals surface area contributed by atoms with E-state index in [4.69, 9.17) is 4.74 Å². The Kier molecular flexibility index (Phi) is 3.44. The highest BCUT2D eigenvalue weighted by Crippen LogP contribution is 2.23. The van der Waals surface area contributed by atoms with Crippen LogP contribution in [-0.4, -0.2) is 22.0 Å². The summed E-state index contributed by atoms with van der Waals surface area (Å²) in [6.45, 7) is 4.17. The van der Waals surface area contributed by atoms with Gasteiger partial charge >= 0.3 is 5.97 Å². The van der Waals surface area contributed by atoms with Crippen LogP contribution in [0.15, 0.2) is 48.7 Å². The van der Waals surface area contributed by atoms with Crippen LogP contribution in [0, 0.1) is 6.92 Å². The zero-order chi connectivity index (χ0) is 14.8. The van der Waals surface area contributed by atoms with E-state index >= 15 is 0 Å². The zero-order valence-electron chi connectivity index (χ0n) is 12.0. The number of benzene rings is 1. The third-order valence-corrected chi connectivity index (χ3v) is 3.33. The summed E-state index contributed by atoms with van der Waals surface area (Å²) in [6.07, 6.45) is 1.90. The molecule has 2 heterocycles. The van der Waals surface area contributed by atoms with Crippen LogP contribution in [-0.2, 0) is 4.74 Å². The Hall–Kier alpha value is -2.62. The molecule has 0 aliphatic heterocycles. The van der Waals surface area contributed by atoms with E-state index in [0.29, 0.717) is 12.3 Å². The molecular formula is C17H16N2O2. The quantitative estimate of drug-likeness (QED) is 0.690. The summed E-state index contributed by atoms with van der Waals surface area (Å²) in [7, 11) is 0. The van der Waals surface area contributed by atoms with Crippen molar-refractivity contribution >= 4 is 11.5 Å². The van der Waals surface area contributed by atoms with E-state index in [1.807, 2.05) is 60.0 Å². The molecule has 4 heteroatoms. The second-order valence-corrected chi connectivity index (χ2v) is 4.83. The molecule has 0 bridgehead atoms. The van der Waals surface area contributed by atoms with Crippen LogP contribution in [0.25, 0.3) is 16.9 Å². The predicted octanol–water partition coefficient (Wildman–Crippen LogP) is 3.49. The number of rotatable bonds is 3. The number of imidazole rings is 1. The van der Waals surface area contributed by atoms with Crippen LogP contribution >= 0.6 is 0 Å². The van der Waals surface area contributed by atoms with Crippen molar-refractivity contribution in [1.82, 2.24) is 9.38 Å². The molecule has 0 spiro atoms. The number of nitrogens with zero attached hydrogens (tertiary/aromatic N) is 2. The SMILES string of the molecule is CCOC(=O)c1nc(-c2ccc(C)cc2)n2ccccc12. The third-order valence-electron chi connectivity index (χ3n) is 3.33. The van der Waals surface area contributed by atoms with Gasteiger partial charge in [0, 0.05) is 11.8 Å². The lowest BCUT2D eigenvalue weighted by molar-refractivity contribution is 0.0522. The van der Waals surface area contributed by atoms with Gasteiger partial charge in [-0.05, 0) is 26.0 Å². The number of hydrogen-bond acceptors (Lipinski definition) is 3. The van der Waals surface area contributed by atoms with Gasteiger partial charge in [0.05, 0.1) is 12.1 Å². The lowest BCUT2D eigenvalue weighted by Crippen LogP contribution is -2.05. The van der Waals surface area contributed by atoms with Crippen molar-refractivity contribution in [2.75, 3.05) is 6.61 Å². The van der Waals surface area contributed by atoms with E-state index in [0.717, 1.165) is 16.9 Å². The highest BCUT2D eigenvalue weighted by molar-refractivity contribution is 5.96. The first-order chi connectivity index (χ1) is 10.2. The molecule has 2 aromatic heterocycles. The molecule has 0 amide bonds. The fourth-order valence-electron chi connectivity index (χ4n) is 2.29. The van der Waals surface area contributed by atoms with Gasteiger partial charge in [-0.2, -0.15) is 0 Å². The second kappa shape index (κ2) is 5.40. The zero-order valence-corrected chi connectivity index (χ0v) is 12.0. The van der Waals surface area contributed by atoms with Crippen LogP contribution in [0.2, 0.25) is 0 Å². The highest BCUT2D eigenvalue weighted by Gasteiger charge is 2.18. The monoisotopic (exact) mass is 280 g/mol. The van der Waals surface area contributed by atoms with E-state index in [1.54, 1.807) is 6.92 Å². The Balaban J connectivity index is 2.19. The Morgan fingerprint density at radius 2 is 1.95 bits per heavy atom. The van der Waals surface area contributed by atoms with Crippen molar-refractivity contribution in [1.29, 1.82) is 0 Å². The van der Waals surface area contributed by atoms with E-state index in [-0.39, 0.29) is 5.97 Å². The van der Waals surface area contributed by atoms with E-state index < -0.39 is 0 Å². The Labute approximate surface area is 123 Å². The van der Waals surface area contributed by atoms with Crippen molar-refractivity contribution in [2.24, 2.45) is 0 Å². The first kappa shape index (κ1) is 13.4. The number of carbonyl (C=O) groups is 1. The summed E-state index contributed by atoms with van der Waals surface area (Å²) < 4.78 is 7.00. The standard InChI is InChI=1S/C17H16N2O2/c1-3-21-17(20)15-14-6-4-5-11-19(14)16(18-15)13-9-7-12(2)8-10-13/h4-11H,3H2,1-2H3. The number of pyridine rings is 1. The normalized spacial score (nSPS) is 10.8. The molecule has 106 valence electrons. The topological polar surface area (TPSA) is 43.6 Å². The smallest absolute Gasteiger partial charge is 0.359 e. The Bertz CT molecular complexity index is 788. The van der Waals surface area contributed by atoms with Gasteiger partial charge in [0.15, 0.2) is 5.69 Å². The maximum Gasteiger partial charge on any atom is 0.359 e. The molecule has 0 fully saturated rings. The van der Waals surface area contributed by atoms with Crippen molar-refractivity contribution in [3.63, 3.8) is 0 Å². The molecule has 0 aliphatic carbocycles. The maximum absolute atomic E-state index is 12.1. The lowest BCUT2D eigenvalue weighted by Gasteiger charge is -2.01. The fraction of sp³-hybridized carbons (Fsp3) is 0.176. The van der Waals surface area contributed by atoms with Crippen LogP contribution in [0.4, 0.5) is 0 Å². The summed E-state index contributed by atoms with van der Waals surface area (Å²) in [6, 6.07) is 13.8. The van der Waals surface area contributed by atoms with Gasteiger partial charge in [-0.1, -0.05) is 35.9 Å². The molecule has 0 saturated carbocycles. The van der Waals surface area contributed by atoms with Crippen molar-refractivity contribution in [2.45, 2.75) is 13.8 Å². The van der Waals surface area contributed by atoms with E-state index in [9.17, 15) is 4.79 Å². The molecule has 0 saturated heterocycles. The predicted molar refractivity (Wildman–Crippen MR) is 81.3 cm³/mol. The van der Waals surface area contributed by atoms with Gasteiger partial charge in [0.1, 0.15) is 5.82 Å². The molecule has 0 radical (unpaired) electrons. The summed E-state index contributed by atoms with van der Waals surface area (Å²) in [5.41, 5.74) is 3.27. The molecular weight excluding hydrogens is 264 g/mol. The van der Waals surface area contributed by atoms with E-state index in [2.05, 4.69) is 4.98 Å². The van der Waals surface area contributed by atoms with Gasteiger partial charge < -0.3 is 4.74 Å². The highest BCUT2D eigenvalue weighted by atomic mass is 16.5. The fourth-order valence-corrected chi connectivity index (χ4v) is 2.29. The van der Waals surface area contributed by atoms with Crippen LogP contribution in [0.5, 0.6) is 0 Å². The Morgan fingerprint density at radius 3 is 2.67 bits per heavy atom. The maximum atomic E-state index is 12.1. The number of ether oxygens (including phenoxy) is 1. The molecule has 0 N–H and O–H groups in total. The number of aryl methyl sites for hydroxylation is 1. The van der Waals surface area contributed by atoms with Crippen LogP contribution in [0.3, 0.4) is 0 Å². The first-order valence-corrected chi connectivity index (χ1v) is 6.92. The van der Waals surface area contributed by atoms with Gasteiger partial charge in [0.25, 0.3) is 0 Å². The number of fused-ring (bicyclic) bond motifs is 1. The number of aromatic nitrogens is 2. The molecule has 3 rings (SSSR count). The van der Waals surface area contributed by atoms with Gasteiger partial charge in [0.2, 0.25) is 0 Å². The summed E-state index contributed by atoms with van der Waals surface area (Å²) >= 11 is 0. The molecule has 0 atom stereocenters. The second-order valence-electron chi connectivity index (χ2n) is 4.83. The van der Waals surface area contributed by atoms with Crippen molar-refractivity contribution in [3.8, 4) is 11.4 Å². The molecule has 3 aromatic rings. The van der Waals surface area contributed by atoms with Gasteiger partial charge in [-0.25, -0.2) is 9.78 Å². The van der Waals surface area contributed by atoms with Gasteiger partial charge in [-0.3, -0.25) is 4.40 Å². The minimum atomic E-state index is -0.389. The minimum absolute atomic E-state index is 0.338. The van der Waals surface area contributed by atoms with Crippen molar-refractivity contribution < 1.29 is 9.53 Å². The summed E-state index contributed by atoms with van der Waals surface area (Å²) in [5.74, 6) is 0.355. The first-order valence-electron chi connectivity index (χ1n) is 6.92. The van der Waals surface area contributed by atoms with Crippen LogP contribution in [0.1, 0.15) is 23.0 Å². The molecule has 0 unspecified atom stereocenters.